The summed E-state index contributed by atoms with van der Waals surface area (Å²) in [5, 5.41) is 23.7. The summed E-state index contributed by atoms with van der Waals surface area (Å²) in [4.78, 5) is 22.5. The maximum absolute atomic E-state index is 12.6. The molecule has 0 aromatic rings. The van der Waals surface area contributed by atoms with Gasteiger partial charge in [-0.05, 0) is 57.8 Å². The molecule has 0 spiro atoms. The Morgan fingerprint density at radius 2 is 1.41 bits per heavy atom. The predicted molar refractivity (Wildman–Crippen MR) is 181 cm³/mol. The van der Waals surface area contributed by atoms with E-state index < -0.39 is 38.6 Å². The van der Waals surface area contributed by atoms with E-state index >= 15 is 0 Å². The first-order chi connectivity index (χ1) is 21.3. The highest BCUT2D eigenvalue weighted by molar-refractivity contribution is 7.47. The standard InChI is InChI=1S/C34H63N2O7P/c1-3-5-7-9-11-12-13-14-15-16-17-18-20-21-23-25-31(37)29-34(39)36-32(30-43-44(40,41)42-28-27-35)33(38)26-24-22-19-10-8-6-4-2/h8,10-12,14-15,24,26,31-33,37-38H,3-7,9,13,16-23,25,27-30,35H2,1-2H3,(H,36,39)(H,40,41)/b10-8+,12-11-,15-14-,26-24+. The molecule has 0 saturated carbocycles. The zero-order valence-corrected chi connectivity index (χ0v) is 28.4. The lowest BCUT2D eigenvalue weighted by Gasteiger charge is -2.24. The van der Waals surface area contributed by atoms with Crippen LogP contribution in [0.3, 0.4) is 0 Å². The Hall–Kier alpha value is -1.58. The molecule has 0 aromatic heterocycles. The summed E-state index contributed by atoms with van der Waals surface area (Å²) in [6.07, 6.45) is 30.8. The molecule has 1 amide bonds. The summed E-state index contributed by atoms with van der Waals surface area (Å²) >= 11 is 0. The molecule has 0 aliphatic heterocycles. The first-order valence-electron chi connectivity index (χ1n) is 16.8. The molecule has 0 radical (unpaired) electrons. The SMILES string of the molecule is CCC/C=C/CC/C=C/C(O)C(COP(=O)(O)OCCN)NC(=O)CC(O)CCCCCCC/C=C\C/C=C\CCCCC. The number of hydrogen-bond donors (Lipinski definition) is 5. The van der Waals surface area contributed by atoms with Gasteiger partial charge < -0.3 is 26.2 Å². The van der Waals surface area contributed by atoms with Gasteiger partial charge in [0.1, 0.15) is 0 Å². The van der Waals surface area contributed by atoms with Gasteiger partial charge in [-0.3, -0.25) is 13.8 Å². The number of rotatable bonds is 30. The quantitative estimate of drug-likeness (QED) is 0.0314. The average Bonchev–Trinajstić information content (AvgIpc) is 2.99. The molecule has 0 fully saturated rings. The smallest absolute Gasteiger partial charge is 0.393 e. The van der Waals surface area contributed by atoms with E-state index in [0.29, 0.717) is 12.8 Å². The lowest BCUT2D eigenvalue weighted by atomic mass is 10.0. The monoisotopic (exact) mass is 642 g/mol. The third kappa shape index (κ3) is 27.9. The highest BCUT2D eigenvalue weighted by Gasteiger charge is 2.27. The second-order valence-corrected chi connectivity index (χ2v) is 12.6. The molecule has 4 unspecified atom stereocenters. The number of unbranched alkanes of at least 4 members (excludes halogenated alkanes) is 10. The van der Waals surface area contributed by atoms with Crippen molar-refractivity contribution >= 4 is 13.7 Å². The lowest BCUT2D eigenvalue weighted by molar-refractivity contribution is -0.124. The van der Waals surface area contributed by atoms with E-state index in [9.17, 15) is 24.5 Å². The molecule has 0 bridgehead atoms. The van der Waals surface area contributed by atoms with Crippen LogP contribution < -0.4 is 11.1 Å². The van der Waals surface area contributed by atoms with E-state index in [2.05, 4.69) is 55.6 Å². The molecule has 0 heterocycles. The molecule has 0 rings (SSSR count). The summed E-state index contributed by atoms with van der Waals surface area (Å²) in [5.41, 5.74) is 5.31. The van der Waals surface area contributed by atoms with Crippen LogP contribution in [0.2, 0.25) is 0 Å². The minimum atomic E-state index is -4.39. The molecule has 10 heteroatoms. The fraction of sp³-hybridized carbons (Fsp3) is 0.735. The average molecular weight is 643 g/mol. The summed E-state index contributed by atoms with van der Waals surface area (Å²) < 4.78 is 21.8. The Labute approximate surface area is 267 Å². The second-order valence-electron chi connectivity index (χ2n) is 11.2. The summed E-state index contributed by atoms with van der Waals surface area (Å²) in [7, 11) is -4.39. The van der Waals surface area contributed by atoms with Crippen molar-refractivity contribution in [2.45, 2.75) is 141 Å². The van der Waals surface area contributed by atoms with E-state index in [1.807, 2.05) is 0 Å². The van der Waals surface area contributed by atoms with Crippen LogP contribution in [0.1, 0.15) is 123 Å². The highest BCUT2D eigenvalue weighted by Crippen LogP contribution is 2.43. The van der Waals surface area contributed by atoms with E-state index in [1.165, 1.54) is 31.8 Å². The van der Waals surface area contributed by atoms with Gasteiger partial charge in [0.25, 0.3) is 0 Å². The van der Waals surface area contributed by atoms with Gasteiger partial charge in [-0.25, -0.2) is 4.57 Å². The number of amides is 1. The van der Waals surface area contributed by atoms with Crippen molar-refractivity contribution in [1.82, 2.24) is 5.32 Å². The summed E-state index contributed by atoms with van der Waals surface area (Å²) in [6.45, 7) is 3.75. The fourth-order valence-corrected chi connectivity index (χ4v) is 5.10. The first-order valence-corrected chi connectivity index (χ1v) is 18.3. The number of nitrogens with one attached hydrogen (secondary N) is 1. The van der Waals surface area contributed by atoms with Crippen molar-refractivity contribution in [3.63, 3.8) is 0 Å². The number of carbonyl (C=O) groups excluding carboxylic acids is 1. The van der Waals surface area contributed by atoms with Crippen LogP contribution in [0.25, 0.3) is 0 Å². The normalized spacial score (nSPS) is 15.9. The van der Waals surface area contributed by atoms with Crippen molar-refractivity contribution in [2.24, 2.45) is 5.73 Å². The molecule has 44 heavy (non-hydrogen) atoms. The summed E-state index contributed by atoms with van der Waals surface area (Å²) in [6, 6.07) is -1.00. The number of aliphatic hydroxyl groups excluding tert-OH is 2. The molecule has 0 aliphatic rings. The van der Waals surface area contributed by atoms with Gasteiger partial charge in [0.15, 0.2) is 0 Å². The topological polar surface area (TPSA) is 151 Å². The fourth-order valence-electron chi connectivity index (χ4n) is 4.34. The molecule has 6 N–H and O–H groups in total. The number of phosphoric ester groups is 1. The van der Waals surface area contributed by atoms with Crippen molar-refractivity contribution in [1.29, 1.82) is 0 Å². The summed E-state index contributed by atoms with van der Waals surface area (Å²) in [5.74, 6) is -0.473. The number of allylic oxidation sites excluding steroid dienone is 7. The highest BCUT2D eigenvalue weighted by atomic mass is 31.2. The van der Waals surface area contributed by atoms with Gasteiger partial charge in [0.05, 0.1) is 37.9 Å². The molecular weight excluding hydrogens is 579 g/mol. The molecular formula is C34H63N2O7P. The Morgan fingerprint density at radius 3 is 2.09 bits per heavy atom. The van der Waals surface area contributed by atoms with Crippen LogP contribution in [-0.4, -0.2) is 59.0 Å². The third-order valence-corrected chi connectivity index (χ3v) is 7.90. The van der Waals surface area contributed by atoms with Crippen molar-refractivity contribution in [2.75, 3.05) is 19.8 Å². The van der Waals surface area contributed by atoms with E-state index in [4.69, 9.17) is 14.8 Å². The molecule has 0 aromatic carbocycles. The van der Waals surface area contributed by atoms with Crippen LogP contribution in [0.4, 0.5) is 0 Å². The van der Waals surface area contributed by atoms with Gasteiger partial charge in [-0.15, -0.1) is 0 Å². The van der Waals surface area contributed by atoms with Gasteiger partial charge in [-0.2, -0.15) is 0 Å². The lowest BCUT2D eigenvalue weighted by Crippen LogP contribution is -2.46. The zero-order valence-electron chi connectivity index (χ0n) is 27.5. The van der Waals surface area contributed by atoms with E-state index in [1.54, 1.807) is 6.08 Å². The predicted octanol–water partition coefficient (Wildman–Crippen LogP) is 7.18. The Morgan fingerprint density at radius 1 is 0.795 bits per heavy atom. The number of aliphatic hydroxyl groups is 2. The van der Waals surface area contributed by atoms with Crippen LogP contribution in [0.5, 0.6) is 0 Å². The molecule has 9 nitrogen and oxygen atoms in total. The maximum Gasteiger partial charge on any atom is 0.472 e. The maximum atomic E-state index is 12.6. The Kier molecular flexibility index (Phi) is 29.0. The van der Waals surface area contributed by atoms with Crippen molar-refractivity contribution < 1.29 is 33.5 Å². The van der Waals surface area contributed by atoms with Crippen LogP contribution in [0, 0.1) is 0 Å². The minimum absolute atomic E-state index is 0.0404. The largest absolute Gasteiger partial charge is 0.472 e. The molecule has 0 saturated heterocycles. The van der Waals surface area contributed by atoms with Crippen LogP contribution >= 0.6 is 7.82 Å². The number of carbonyl (C=O) groups is 1. The first kappa shape index (κ1) is 42.4. The van der Waals surface area contributed by atoms with Crippen molar-refractivity contribution in [3.05, 3.63) is 48.6 Å². The third-order valence-electron chi connectivity index (χ3n) is 6.91. The Bertz CT molecular complexity index is 847. The van der Waals surface area contributed by atoms with Crippen molar-refractivity contribution in [3.8, 4) is 0 Å². The molecule has 256 valence electrons. The number of nitrogens with two attached hydrogens (primary N) is 1. The molecule has 0 aliphatic carbocycles. The zero-order chi connectivity index (χ0) is 32.7. The number of phosphoric acid groups is 1. The number of hydrogen-bond acceptors (Lipinski definition) is 7. The van der Waals surface area contributed by atoms with Gasteiger partial charge in [0.2, 0.25) is 5.91 Å². The van der Waals surface area contributed by atoms with Crippen LogP contribution in [0.15, 0.2) is 48.6 Å². The van der Waals surface area contributed by atoms with Gasteiger partial charge >= 0.3 is 7.82 Å². The minimum Gasteiger partial charge on any atom is -0.393 e. The Balaban J connectivity index is 4.43. The second kappa shape index (κ2) is 30.1. The molecule has 4 atom stereocenters. The van der Waals surface area contributed by atoms with Crippen LogP contribution in [-0.2, 0) is 18.4 Å². The van der Waals surface area contributed by atoms with Gasteiger partial charge in [-0.1, -0.05) is 107 Å². The van der Waals surface area contributed by atoms with Gasteiger partial charge in [0, 0.05) is 6.54 Å². The van der Waals surface area contributed by atoms with E-state index in [0.717, 1.165) is 64.2 Å². The van der Waals surface area contributed by atoms with E-state index in [-0.39, 0.29) is 19.6 Å².